The number of hydrogen-bond donors (Lipinski definition) is 2. The Balaban J connectivity index is 1.40. The lowest BCUT2D eigenvalue weighted by Crippen LogP contribution is -2.33. The van der Waals surface area contributed by atoms with Crippen molar-refractivity contribution in [2.75, 3.05) is 5.32 Å². The first-order chi connectivity index (χ1) is 15.0. The van der Waals surface area contributed by atoms with E-state index in [2.05, 4.69) is 22.8 Å². The average Bonchev–Trinajstić information content (AvgIpc) is 3.19. The Hall–Kier alpha value is -3.06. The Kier molecular flexibility index (Phi) is 6.42. The second-order valence-electron chi connectivity index (χ2n) is 6.84. The number of nitrogens with one attached hydrogen (secondary N) is 2. The molecular weight excluding hydrogens is 446 g/mol. The van der Waals surface area contributed by atoms with Crippen LogP contribution in [0.15, 0.2) is 72.8 Å². The minimum absolute atomic E-state index is 0.238. The smallest absolute Gasteiger partial charge is 0.250 e. The number of halogens is 1. The lowest BCUT2D eigenvalue weighted by molar-refractivity contribution is -0.115. The summed E-state index contributed by atoms with van der Waals surface area (Å²) in [7, 11) is 0. The molecule has 0 atom stereocenters. The predicted molar refractivity (Wildman–Crippen MR) is 135 cm³/mol. The Bertz CT molecular complexity index is 1260. The molecule has 2 N–H and O–H groups in total. The summed E-state index contributed by atoms with van der Waals surface area (Å²) in [4.78, 5) is 16.8. The molecule has 0 aliphatic heterocycles. The number of fused-ring (bicyclic) bond motifs is 1. The third-order valence-corrected chi connectivity index (χ3v) is 6.09. The molecule has 3 aromatic carbocycles. The Morgan fingerprint density at radius 3 is 2.61 bits per heavy atom. The molecule has 0 aliphatic rings. The highest BCUT2D eigenvalue weighted by atomic mass is 35.5. The van der Waals surface area contributed by atoms with Crippen LogP contribution in [0, 0.1) is 6.92 Å². The zero-order valence-electron chi connectivity index (χ0n) is 16.6. The van der Waals surface area contributed by atoms with Gasteiger partial charge in [0.25, 0.3) is 0 Å². The SMILES string of the molecule is Cc1cc(-c2nc3ccccc3s2)ccc1NC(=S)NC(=O)/C=C/c1ccc(Cl)cc1. The van der Waals surface area contributed by atoms with Crippen molar-refractivity contribution in [3.8, 4) is 10.6 Å². The van der Waals surface area contributed by atoms with E-state index in [1.165, 1.54) is 6.08 Å². The maximum atomic E-state index is 12.1. The molecule has 1 aromatic heterocycles. The van der Waals surface area contributed by atoms with Crippen molar-refractivity contribution < 1.29 is 4.79 Å². The second kappa shape index (κ2) is 9.39. The van der Waals surface area contributed by atoms with Crippen molar-refractivity contribution in [3.05, 3.63) is 89.0 Å². The summed E-state index contributed by atoms with van der Waals surface area (Å²) in [6.07, 6.45) is 3.13. The van der Waals surface area contributed by atoms with Gasteiger partial charge in [-0.25, -0.2) is 4.98 Å². The van der Waals surface area contributed by atoms with E-state index < -0.39 is 0 Å². The number of hydrogen-bond acceptors (Lipinski definition) is 4. The zero-order valence-corrected chi connectivity index (χ0v) is 18.9. The highest BCUT2D eigenvalue weighted by molar-refractivity contribution is 7.80. The number of aryl methyl sites for hydroxylation is 1. The maximum Gasteiger partial charge on any atom is 0.250 e. The normalized spacial score (nSPS) is 11.0. The van der Waals surface area contributed by atoms with Gasteiger partial charge in [0.1, 0.15) is 5.01 Å². The molecular formula is C24H18ClN3OS2. The first kappa shape index (κ1) is 21.2. The number of thiazole rings is 1. The van der Waals surface area contributed by atoms with Crippen LogP contribution in [-0.2, 0) is 4.79 Å². The van der Waals surface area contributed by atoms with E-state index in [1.54, 1.807) is 29.5 Å². The van der Waals surface area contributed by atoms with Gasteiger partial charge < -0.3 is 5.32 Å². The van der Waals surface area contributed by atoms with Crippen LogP contribution in [0.1, 0.15) is 11.1 Å². The van der Waals surface area contributed by atoms with E-state index in [0.717, 1.165) is 37.6 Å². The van der Waals surface area contributed by atoms with Crippen LogP contribution in [0.2, 0.25) is 5.02 Å². The number of aromatic nitrogens is 1. The van der Waals surface area contributed by atoms with Crippen LogP contribution < -0.4 is 10.6 Å². The van der Waals surface area contributed by atoms with Gasteiger partial charge in [-0.05, 0) is 78.8 Å². The minimum atomic E-state index is -0.309. The van der Waals surface area contributed by atoms with Crippen molar-refractivity contribution in [1.29, 1.82) is 0 Å². The summed E-state index contributed by atoms with van der Waals surface area (Å²) in [5, 5.41) is 7.60. The Morgan fingerprint density at radius 2 is 1.87 bits per heavy atom. The number of rotatable bonds is 4. The summed E-state index contributed by atoms with van der Waals surface area (Å²) in [6.45, 7) is 1.99. The maximum absolute atomic E-state index is 12.1. The molecule has 0 saturated heterocycles. The van der Waals surface area contributed by atoms with E-state index in [1.807, 2.05) is 49.4 Å². The van der Waals surface area contributed by atoms with Gasteiger partial charge in [0, 0.05) is 22.3 Å². The largest absolute Gasteiger partial charge is 0.332 e. The predicted octanol–water partition coefficient (Wildman–Crippen LogP) is 6.45. The number of carbonyl (C=O) groups excluding carboxylic acids is 1. The molecule has 0 fully saturated rings. The third kappa shape index (κ3) is 5.35. The Labute approximate surface area is 194 Å². The zero-order chi connectivity index (χ0) is 21.8. The molecule has 0 bridgehead atoms. The summed E-state index contributed by atoms with van der Waals surface area (Å²) in [5.41, 5.74) is 4.75. The summed E-state index contributed by atoms with van der Waals surface area (Å²) in [6, 6.07) is 21.3. The summed E-state index contributed by atoms with van der Waals surface area (Å²) >= 11 is 12.8. The molecule has 4 aromatic rings. The monoisotopic (exact) mass is 463 g/mol. The van der Waals surface area contributed by atoms with Crippen molar-refractivity contribution in [2.24, 2.45) is 0 Å². The Morgan fingerprint density at radius 1 is 1.10 bits per heavy atom. The van der Waals surface area contributed by atoms with E-state index in [-0.39, 0.29) is 11.0 Å². The number of para-hydroxylation sites is 1. The van der Waals surface area contributed by atoms with E-state index in [4.69, 9.17) is 28.8 Å². The molecule has 7 heteroatoms. The lowest BCUT2D eigenvalue weighted by Gasteiger charge is -2.11. The second-order valence-corrected chi connectivity index (χ2v) is 8.72. The van der Waals surface area contributed by atoms with Gasteiger partial charge >= 0.3 is 0 Å². The van der Waals surface area contributed by atoms with Crippen molar-refractivity contribution in [2.45, 2.75) is 6.92 Å². The molecule has 0 saturated carbocycles. The number of nitrogens with zero attached hydrogens (tertiary/aromatic N) is 1. The van der Waals surface area contributed by atoms with Crippen LogP contribution in [0.4, 0.5) is 5.69 Å². The fraction of sp³-hybridized carbons (Fsp3) is 0.0417. The molecule has 0 radical (unpaired) electrons. The first-order valence-corrected chi connectivity index (χ1v) is 11.1. The van der Waals surface area contributed by atoms with Crippen molar-refractivity contribution >= 4 is 68.2 Å². The van der Waals surface area contributed by atoms with Crippen LogP contribution in [0.3, 0.4) is 0 Å². The van der Waals surface area contributed by atoms with Crippen molar-refractivity contribution in [3.63, 3.8) is 0 Å². The van der Waals surface area contributed by atoms with Gasteiger partial charge in [-0.3, -0.25) is 10.1 Å². The first-order valence-electron chi connectivity index (χ1n) is 9.50. The van der Waals surface area contributed by atoms with E-state index in [0.29, 0.717) is 5.02 Å². The number of anilines is 1. The minimum Gasteiger partial charge on any atom is -0.332 e. The molecule has 1 heterocycles. The van der Waals surface area contributed by atoms with Gasteiger partial charge in [0.05, 0.1) is 10.2 Å². The average molecular weight is 464 g/mol. The van der Waals surface area contributed by atoms with Gasteiger partial charge in [-0.15, -0.1) is 11.3 Å². The molecule has 1 amide bonds. The van der Waals surface area contributed by atoms with Crippen LogP contribution in [0.25, 0.3) is 26.9 Å². The van der Waals surface area contributed by atoms with Gasteiger partial charge in [0.2, 0.25) is 5.91 Å². The van der Waals surface area contributed by atoms with Crippen LogP contribution >= 0.6 is 35.2 Å². The van der Waals surface area contributed by atoms with Gasteiger partial charge in [0.15, 0.2) is 5.11 Å². The topological polar surface area (TPSA) is 54.0 Å². The van der Waals surface area contributed by atoms with E-state index >= 15 is 0 Å². The number of benzene rings is 3. The number of carbonyl (C=O) groups is 1. The molecule has 0 spiro atoms. The molecule has 0 aliphatic carbocycles. The van der Waals surface area contributed by atoms with Crippen LogP contribution in [0.5, 0.6) is 0 Å². The summed E-state index contributed by atoms with van der Waals surface area (Å²) in [5.74, 6) is -0.309. The third-order valence-electron chi connectivity index (χ3n) is 4.55. The van der Waals surface area contributed by atoms with Crippen molar-refractivity contribution in [1.82, 2.24) is 10.3 Å². The lowest BCUT2D eigenvalue weighted by atomic mass is 10.1. The molecule has 4 rings (SSSR count). The van der Waals surface area contributed by atoms with Crippen LogP contribution in [-0.4, -0.2) is 16.0 Å². The molecule has 0 unspecified atom stereocenters. The van der Waals surface area contributed by atoms with Gasteiger partial charge in [-0.1, -0.05) is 35.9 Å². The van der Waals surface area contributed by atoms with E-state index in [9.17, 15) is 4.79 Å². The standard InChI is InChI=1S/C24H18ClN3OS2/c1-15-14-17(23-26-20-4-2-3-5-21(20)31-23)9-12-19(15)27-24(30)28-22(29)13-8-16-6-10-18(25)11-7-16/h2-14H,1H3,(H2,27,28,29,30)/b13-8+. The van der Waals surface area contributed by atoms with Gasteiger partial charge in [-0.2, -0.15) is 0 Å². The summed E-state index contributed by atoms with van der Waals surface area (Å²) < 4.78 is 1.16. The molecule has 31 heavy (non-hydrogen) atoms. The quantitative estimate of drug-likeness (QED) is 0.269. The highest BCUT2D eigenvalue weighted by Crippen LogP contribution is 2.31. The number of thiocarbonyl (C=S) groups is 1. The molecule has 4 nitrogen and oxygen atoms in total. The highest BCUT2D eigenvalue weighted by Gasteiger charge is 2.09. The fourth-order valence-corrected chi connectivity index (χ4v) is 4.28. The fourth-order valence-electron chi connectivity index (χ4n) is 2.99. The molecule has 154 valence electrons. The number of amides is 1.